The van der Waals surface area contributed by atoms with Gasteiger partial charge in [-0.05, 0) is 51.0 Å². The number of aryl methyl sites for hydroxylation is 1. The van der Waals surface area contributed by atoms with E-state index in [-0.39, 0.29) is 17.0 Å². The molecule has 1 aliphatic rings. The lowest BCUT2D eigenvalue weighted by atomic mass is 10.1. The second-order valence-electron chi connectivity index (χ2n) is 6.52. The number of halogens is 1. The molecule has 1 heterocycles. The van der Waals surface area contributed by atoms with Gasteiger partial charge >= 0.3 is 0 Å². The minimum absolute atomic E-state index is 0.127. The zero-order valence-corrected chi connectivity index (χ0v) is 15.6. The minimum Gasteiger partial charge on any atom is -0.385 e. The molecule has 2 atom stereocenters. The highest BCUT2D eigenvalue weighted by atomic mass is 32.2. The van der Waals surface area contributed by atoms with Gasteiger partial charge in [0.15, 0.2) is 0 Å². The van der Waals surface area contributed by atoms with Crippen LogP contribution >= 0.6 is 0 Å². The lowest BCUT2D eigenvalue weighted by molar-refractivity contribution is 0.0666. The van der Waals surface area contributed by atoms with Crippen molar-refractivity contribution in [2.45, 2.75) is 44.2 Å². The summed E-state index contributed by atoms with van der Waals surface area (Å²) in [7, 11) is -1.92. The molecule has 0 radical (unpaired) electrons. The van der Waals surface area contributed by atoms with Crippen LogP contribution in [0.3, 0.4) is 0 Å². The fourth-order valence-corrected chi connectivity index (χ4v) is 4.95. The van der Waals surface area contributed by atoms with E-state index in [0.717, 1.165) is 13.0 Å². The smallest absolute Gasteiger partial charge is 0.243 e. The minimum atomic E-state index is -3.60. The molecule has 0 saturated carbocycles. The van der Waals surface area contributed by atoms with Crippen molar-refractivity contribution < 1.29 is 17.5 Å². The summed E-state index contributed by atoms with van der Waals surface area (Å²) in [6, 6.07) is 4.22. The van der Waals surface area contributed by atoms with Gasteiger partial charge in [0, 0.05) is 45.4 Å². The predicted molar refractivity (Wildman–Crippen MR) is 92.0 cm³/mol. The Morgan fingerprint density at radius 3 is 2.42 bits per heavy atom. The van der Waals surface area contributed by atoms with Gasteiger partial charge in [0.25, 0.3) is 0 Å². The van der Waals surface area contributed by atoms with Crippen LogP contribution in [-0.4, -0.2) is 63.1 Å². The third-order valence-corrected chi connectivity index (χ3v) is 6.43. The molecule has 1 fully saturated rings. The first kappa shape index (κ1) is 19.3. The summed E-state index contributed by atoms with van der Waals surface area (Å²) in [4.78, 5) is 2.48. The van der Waals surface area contributed by atoms with E-state index in [9.17, 15) is 12.8 Å². The Morgan fingerprint density at radius 2 is 1.88 bits per heavy atom. The van der Waals surface area contributed by atoms with Crippen LogP contribution in [0.2, 0.25) is 0 Å². The molecule has 5 nitrogen and oxygen atoms in total. The lowest BCUT2D eigenvalue weighted by Gasteiger charge is -2.43. The Balaban J connectivity index is 2.14. The van der Waals surface area contributed by atoms with Crippen molar-refractivity contribution in [1.29, 1.82) is 0 Å². The van der Waals surface area contributed by atoms with Crippen molar-refractivity contribution in [2.75, 3.05) is 33.4 Å². The van der Waals surface area contributed by atoms with Crippen LogP contribution in [0.4, 0.5) is 4.39 Å². The molecule has 2 rings (SSSR count). The van der Waals surface area contributed by atoms with Gasteiger partial charge in [-0.3, -0.25) is 4.90 Å². The molecule has 0 spiro atoms. The summed E-state index contributed by atoms with van der Waals surface area (Å²) in [5.74, 6) is -0.390. The van der Waals surface area contributed by atoms with Crippen molar-refractivity contribution in [3.63, 3.8) is 0 Å². The average Bonchev–Trinajstić information content (AvgIpc) is 2.52. The normalized spacial score (nSPS) is 23.5. The van der Waals surface area contributed by atoms with Gasteiger partial charge < -0.3 is 4.74 Å². The number of hydrogen-bond acceptors (Lipinski definition) is 4. The molecule has 1 saturated heterocycles. The summed E-state index contributed by atoms with van der Waals surface area (Å²) in [6.45, 7) is 8.13. The molecule has 24 heavy (non-hydrogen) atoms. The van der Waals surface area contributed by atoms with E-state index in [1.54, 1.807) is 14.0 Å². The molecule has 7 heteroatoms. The SMILES string of the molecule is COCCCN1C(C)CN(S(=O)(=O)c2ccc(F)c(C)c2)CC1C. The summed E-state index contributed by atoms with van der Waals surface area (Å²) < 4.78 is 45.8. The van der Waals surface area contributed by atoms with Crippen molar-refractivity contribution in [1.82, 2.24) is 9.21 Å². The molecule has 1 aromatic carbocycles. The Labute approximate surface area is 144 Å². The Kier molecular flexibility index (Phi) is 6.36. The summed E-state index contributed by atoms with van der Waals surface area (Å²) in [5, 5.41) is 0. The van der Waals surface area contributed by atoms with Gasteiger partial charge in [0.1, 0.15) is 5.82 Å². The molecule has 2 unspecified atom stereocenters. The second-order valence-corrected chi connectivity index (χ2v) is 8.45. The van der Waals surface area contributed by atoms with Crippen molar-refractivity contribution >= 4 is 10.0 Å². The highest BCUT2D eigenvalue weighted by Gasteiger charge is 2.35. The van der Waals surface area contributed by atoms with Crippen molar-refractivity contribution in [3.8, 4) is 0 Å². The molecule has 136 valence electrons. The van der Waals surface area contributed by atoms with Gasteiger partial charge in [-0.15, -0.1) is 0 Å². The third kappa shape index (κ3) is 4.14. The van der Waals surface area contributed by atoms with Gasteiger partial charge in [-0.25, -0.2) is 12.8 Å². The highest BCUT2D eigenvalue weighted by Crippen LogP contribution is 2.24. The molecule has 0 amide bonds. The molecule has 1 aliphatic heterocycles. The maximum Gasteiger partial charge on any atom is 0.243 e. The fraction of sp³-hybridized carbons (Fsp3) is 0.647. The van der Waals surface area contributed by atoms with Crippen LogP contribution in [-0.2, 0) is 14.8 Å². The van der Waals surface area contributed by atoms with Gasteiger partial charge in [-0.2, -0.15) is 4.31 Å². The van der Waals surface area contributed by atoms with E-state index >= 15 is 0 Å². The first-order valence-electron chi connectivity index (χ1n) is 8.28. The lowest BCUT2D eigenvalue weighted by Crippen LogP contribution is -2.58. The number of nitrogens with zero attached hydrogens (tertiary/aromatic N) is 2. The molecule has 1 aromatic rings. The largest absolute Gasteiger partial charge is 0.385 e. The zero-order chi connectivity index (χ0) is 17.9. The van der Waals surface area contributed by atoms with Crippen LogP contribution < -0.4 is 0 Å². The number of rotatable bonds is 6. The molecule has 0 bridgehead atoms. The first-order chi connectivity index (χ1) is 11.3. The fourth-order valence-electron chi connectivity index (χ4n) is 3.26. The molecular formula is C17H27FN2O3S. The van der Waals surface area contributed by atoms with Crippen LogP contribution in [0.5, 0.6) is 0 Å². The van der Waals surface area contributed by atoms with Gasteiger partial charge in [-0.1, -0.05) is 0 Å². The summed E-state index contributed by atoms with van der Waals surface area (Å²) in [5.41, 5.74) is 0.343. The number of piperazine rings is 1. The number of benzene rings is 1. The Bertz CT molecular complexity index is 654. The molecule has 0 aromatic heterocycles. The first-order valence-corrected chi connectivity index (χ1v) is 9.72. The van der Waals surface area contributed by atoms with E-state index in [1.165, 1.54) is 22.5 Å². The number of methoxy groups -OCH3 is 1. The van der Waals surface area contributed by atoms with Crippen molar-refractivity contribution in [2.24, 2.45) is 0 Å². The van der Waals surface area contributed by atoms with Crippen LogP contribution in [0.15, 0.2) is 23.1 Å². The maximum atomic E-state index is 13.4. The maximum absolute atomic E-state index is 13.4. The van der Waals surface area contributed by atoms with E-state index in [2.05, 4.69) is 4.90 Å². The van der Waals surface area contributed by atoms with E-state index < -0.39 is 15.8 Å². The topological polar surface area (TPSA) is 49.9 Å². The molecule has 0 N–H and O–H groups in total. The average molecular weight is 358 g/mol. The highest BCUT2D eigenvalue weighted by molar-refractivity contribution is 7.89. The van der Waals surface area contributed by atoms with Crippen LogP contribution in [0.25, 0.3) is 0 Å². The Hall–Kier alpha value is -1.02. The summed E-state index contributed by atoms with van der Waals surface area (Å²) >= 11 is 0. The molecule has 0 aliphatic carbocycles. The second kappa shape index (κ2) is 7.91. The third-order valence-electron chi connectivity index (χ3n) is 4.60. The predicted octanol–water partition coefficient (Wildman–Crippen LogP) is 2.25. The van der Waals surface area contributed by atoms with Crippen LogP contribution in [0, 0.1) is 12.7 Å². The quantitative estimate of drug-likeness (QED) is 0.732. The summed E-state index contributed by atoms with van der Waals surface area (Å²) in [6.07, 6.45) is 0.926. The van der Waals surface area contributed by atoms with Crippen molar-refractivity contribution in [3.05, 3.63) is 29.6 Å². The van der Waals surface area contributed by atoms with E-state index in [4.69, 9.17) is 4.74 Å². The Morgan fingerprint density at radius 1 is 1.25 bits per heavy atom. The zero-order valence-electron chi connectivity index (χ0n) is 14.8. The number of ether oxygens (including phenoxy) is 1. The van der Waals surface area contributed by atoms with Crippen LogP contribution in [0.1, 0.15) is 25.8 Å². The van der Waals surface area contributed by atoms with E-state index in [1.807, 2.05) is 13.8 Å². The number of hydrogen-bond donors (Lipinski definition) is 0. The van der Waals surface area contributed by atoms with Gasteiger partial charge in [0.2, 0.25) is 10.0 Å². The number of sulfonamides is 1. The van der Waals surface area contributed by atoms with E-state index in [0.29, 0.717) is 25.3 Å². The van der Waals surface area contributed by atoms with Gasteiger partial charge in [0.05, 0.1) is 4.90 Å². The monoisotopic (exact) mass is 358 g/mol. The standard InChI is InChI=1S/C17H27FN2O3S/c1-13-10-16(6-7-17(13)18)24(21,22)19-11-14(2)20(15(3)12-19)8-5-9-23-4/h6-7,10,14-15H,5,8-9,11-12H2,1-4H3. The molecular weight excluding hydrogens is 331 g/mol.